The number of benzene rings is 1. The van der Waals surface area contributed by atoms with E-state index in [9.17, 15) is 4.79 Å². The predicted octanol–water partition coefficient (Wildman–Crippen LogP) is 2.89. The topological polar surface area (TPSA) is 55.1 Å². The highest BCUT2D eigenvalue weighted by Gasteiger charge is 2.15. The smallest absolute Gasteiger partial charge is 0.251 e. The third-order valence-corrected chi connectivity index (χ3v) is 3.81. The summed E-state index contributed by atoms with van der Waals surface area (Å²) in [5.41, 5.74) is 8.05. The molecule has 0 aliphatic heterocycles. The summed E-state index contributed by atoms with van der Waals surface area (Å²) in [6.07, 6.45) is 6.48. The van der Waals surface area contributed by atoms with Crippen molar-refractivity contribution in [1.29, 1.82) is 0 Å². The average molecular weight is 246 g/mol. The summed E-state index contributed by atoms with van der Waals surface area (Å²) in [6, 6.07) is 5.42. The largest absolute Gasteiger partial charge is 0.399 e. The Morgan fingerprint density at radius 1 is 1.39 bits per heavy atom. The van der Waals surface area contributed by atoms with Crippen LogP contribution in [0.5, 0.6) is 0 Å². The molecule has 18 heavy (non-hydrogen) atoms. The Bertz CT molecular complexity index is 423. The van der Waals surface area contributed by atoms with Gasteiger partial charge in [0.2, 0.25) is 0 Å². The van der Waals surface area contributed by atoms with Gasteiger partial charge in [-0.05, 0) is 43.0 Å². The summed E-state index contributed by atoms with van der Waals surface area (Å²) >= 11 is 0. The molecule has 3 heteroatoms. The van der Waals surface area contributed by atoms with Crippen LogP contribution in [0.15, 0.2) is 18.2 Å². The van der Waals surface area contributed by atoms with E-state index in [-0.39, 0.29) is 5.91 Å². The molecule has 0 radical (unpaired) electrons. The van der Waals surface area contributed by atoms with Gasteiger partial charge >= 0.3 is 0 Å². The fourth-order valence-electron chi connectivity index (χ4n) is 2.73. The molecule has 98 valence electrons. The normalized spacial score (nSPS) is 15.8. The van der Waals surface area contributed by atoms with Crippen LogP contribution in [0.2, 0.25) is 0 Å². The first-order valence-corrected chi connectivity index (χ1v) is 6.81. The van der Waals surface area contributed by atoms with Crippen LogP contribution in [0, 0.1) is 12.8 Å². The minimum absolute atomic E-state index is 0.0190. The Labute approximate surface area is 109 Å². The summed E-state index contributed by atoms with van der Waals surface area (Å²) in [5.74, 6) is 0.836. The number of aryl methyl sites for hydroxylation is 1. The van der Waals surface area contributed by atoms with E-state index in [4.69, 9.17) is 5.73 Å². The minimum Gasteiger partial charge on any atom is -0.399 e. The first kappa shape index (κ1) is 12.9. The maximum atomic E-state index is 12.0. The van der Waals surface area contributed by atoms with Crippen LogP contribution in [0.3, 0.4) is 0 Å². The lowest BCUT2D eigenvalue weighted by Gasteiger charge is -2.11. The molecule has 0 unspecified atom stereocenters. The zero-order valence-electron chi connectivity index (χ0n) is 11.0. The van der Waals surface area contributed by atoms with E-state index < -0.39 is 0 Å². The first-order chi connectivity index (χ1) is 8.66. The Balaban J connectivity index is 1.83. The zero-order valence-corrected chi connectivity index (χ0v) is 11.0. The van der Waals surface area contributed by atoms with Gasteiger partial charge in [0, 0.05) is 17.8 Å². The van der Waals surface area contributed by atoms with Crippen molar-refractivity contribution in [2.75, 3.05) is 12.3 Å². The van der Waals surface area contributed by atoms with Crippen LogP contribution in [-0.4, -0.2) is 12.5 Å². The van der Waals surface area contributed by atoms with Gasteiger partial charge in [-0.1, -0.05) is 25.7 Å². The molecular weight excluding hydrogens is 224 g/mol. The van der Waals surface area contributed by atoms with Gasteiger partial charge in [0.05, 0.1) is 0 Å². The van der Waals surface area contributed by atoms with Crippen LogP contribution in [0.1, 0.15) is 48.0 Å². The number of hydrogen-bond acceptors (Lipinski definition) is 2. The van der Waals surface area contributed by atoms with E-state index in [2.05, 4.69) is 5.32 Å². The van der Waals surface area contributed by atoms with E-state index in [1.54, 1.807) is 12.1 Å². The van der Waals surface area contributed by atoms with Crippen molar-refractivity contribution in [3.8, 4) is 0 Å². The third-order valence-electron chi connectivity index (χ3n) is 3.81. The summed E-state index contributed by atoms with van der Waals surface area (Å²) in [4.78, 5) is 12.0. The standard InChI is InChI=1S/C15H22N2O/c1-11-10-13(16)6-7-14(11)15(18)17-9-8-12-4-2-3-5-12/h6-7,10,12H,2-5,8-9,16H2,1H3,(H,17,18). The Morgan fingerprint density at radius 3 is 2.78 bits per heavy atom. The van der Waals surface area contributed by atoms with Gasteiger partial charge in [-0.2, -0.15) is 0 Å². The van der Waals surface area contributed by atoms with Crippen molar-refractivity contribution in [2.45, 2.75) is 39.0 Å². The summed E-state index contributed by atoms with van der Waals surface area (Å²) in [7, 11) is 0. The molecule has 0 aromatic heterocycles. The molecule has 1 aromatic carbocycles. The quantitative estimate of drug-likeness (QED) is 0.803. The number of carbonyl (C=O) groups is 1. The van der Waals surface area contributed by atoms with Crippen LogP contribution >= 0.6 is 0 Å². The van der Waals surface area contributed by atoms with E-state index >= 15 is 0 Å². The van der Waals surface area contributed by atoms with Crippen molar-refractivity contribution in [1.82, 2.24) is 5.32 Å². The Hall–Kier alpha value is -1.51. The monoisotopic (exact) mass is 246 g/mol. The molecule has 1 aliphatic rings. The van der Waals surface area contributed by atoms with Crippen LogP contribution in [0.4, 0.5) is 5.69 Å². The van der Waals surface area contributed by atoms with E-state index in [0.717, 1.165) is 30.0 Å². The summed E-state index contributed by atoms with van der Waals surface area (Å²) < 4.78 is 0. The number of nitrogens with one attached hydrogen (secondary N) is 1. The number of rotatable bonds is 4. The molecule has 2 rings (SSSR count). The number of anilines is 1. The number of nitrogens with two attached hydrogens (primary N) is 1. The van der Waals surface area contributed by atoms with Gasteiger partial charge in [-0.25, -0.2) is 0 Å². The Kier molecular flexibility index (Phi) is 4.24. The molecule has 1 saturated carbocycles. The van der Waals surface area contributed by atoms with E-state index in [0.29, 0.717) is 5.69 Å². The molecule has 0 bridgehead atoms. The van der Waals surface area contributed by atoms with Crippen molar-refractivity contribution in [3.63, 3.8) is 0 Å². The van der Waals surface area contributed by atoms with Crippen molar-refractivity contribution in [2.24, 2.45) is 5.92 Å². The minimum atomic E-state index is 0.0190. The van der Waals surface area contributed by atoms with Gasteiger partial charge in [0.15, 0.2) is 0 Å². The van der Waals surface area contributed by atoms with Gasteiger partial charge in [-0.15, -0.1) is 0 Å². The molecule has 3 N–H and O–H groups in total. The Morgan fingerprint density at radius 2 is 2.11 bits per heavy atom. The van der Waals surface area contributed by atoms with Crippen molar-refractivity contribution >= 4 is 11.6 Å². The predicted molar refractivity (Wildman–Crippen MR) is 74.5 cm³/mol. The third kappa shape index (κ3) is 3.25. The molecule has 0 saturated heterocycles. The number of carbonyl (C=O) groups excluding carboxylic acids is 1. The second-order valence-electron chi connectivity index (χ2n) is 5.27. The molecule has 1 amide bonds. The number of amides is 1. The highest BCUT2D eigenvalue weighted by atomic mass is 16.1. The molecule has 0 atom stereocenters. The average Bonchev–Trinajstić information content (AvgIpc) is 2.81. The molecular formula is C15H22N2O. The second kappa shape index (κ2) is 5.89. The highest BCUT2D eigenvalue weighted by Crippen LogP contribution is 2.26. The second-order valence-corrected chi connectivity index (χ2v) is 5.27. The summed E-state index contributed by atoms with van der Waals surface area (Å²) in [5, 5.41) is 3.01. The maximum absolute atomic E-state index is 12.0. The molecule has 0 heterocycles. The molecule has 3 nitrogen and oxygen atoms in total. The zero-order chi connectivity index (χ0) is 13.0. The first-order valence-electron chi connectivity index (χ1n) is 6.81. The lowest BCUT2D eigenvalue weighted by atomic mass is 10.0. The molecule has 0 spiro atoms. The van der Waals surface area contributed by atoms with Gasteiger partial charge in [-0.3, -0.25) is 4.79 Å². The number of nitrogen functional groups attached to an aromatic ring is 1. The highest BCUT2D eigenvalue weighted by molar-refractivity contribution is 5.95. The molecule has 1 aliphatic carbocycles. The van der Waals surface area contributed by atoms with Crippen molar-refractivity contribution < 1.29 is 4.79 Å². The SMILES string of the molecule is Cc1cc(N)ccc1C(=O)NCCC1CCCC1. The lowest BCUT2D eigenvalue weighted by Crippen LogP contribution is -2.26. The van der Waals surface area contributed by atoms with Crippen molar-refractivity contribution in [3.05, 3.63) is 29.3 Å². The van der Waals surface area contributed by atoms with Gasteiger partial charge < -0.3 is 11.1 Å². The maximum Gasteiger partial charge on any atom is 0.251 e. The van der Waals surface area contributed by atoms with Crippen LogP contribution in [0.25, 0.3) is 0 Å². The fraction of sp³-hybridized carbons (Fsp3) is 0.533. The van der Waals surface area contributed by atoms with Crippen LogP contribution < -0.4 is 11.1 Å². The summed E-state index contributed by atoms with van der Waals surface area (Å²) in [6.45, 7) is 2.70. The van der Waals surface area contributed by atoms with Gasteiger partial charge in [0.1, 0.15) is 0 Å². The number of hydrogen-bond donors (Lipinski definition) is 2. The molecule has 1 aromatic rings. The van der Waals surface area contributed by atoms with Gasteiger partial charge in [0.25, 0.3) is 5.91 Å². The fourth-order valence-corrected chi connectivity index (χ4v) is 2.73. The van der Waals surface area contributed by atoms with E-state index in [1.807, 2.05) is 13.0 Å². The lowest BCUT2D eigenvalue weighted by molar-refractivity contribution is 0.0951. The van der Waals surface area contributed by atoms with Crippen LogP contribution in [-0.2, 0) is 0 Å². The van der Waals surface area contributed by atoms with E-state index in [1.165, 1.54) is 25.7 Å². The molecule has 1 fully saturated rings.